The Balaban J connectivity index is 3.07. The lowest BCUT2D eigenvalue weighted by Gasteiger charge is -2.30. The quantitative estimate of drug-likeness (QED) is 0.821. The molecule has 19 heavy (non-hydrogen) atoms. The largest absolute Gasteiger partial charge is 0.389 e. The summed E-state index contributed by atoms with van der Waals surface area (Å²) in [6, 6.07) is 8.12. The third-order valence-electron chi connectivity index (χ3n) is 2.86. The molecule has 0 amide bonds. The molecular formula is C15H23N3O. The fraction of sp³-hybridized carbons (Fsp3) is 0.533. The second-order valence-corrected chi connectivity index (χ2v) is 5.32. The summed E-state index contributed by atoms with van der Waals surface area (Å²) in [6.07, 6.45) is 0. The first-order valence-electron chi connectivity index (χ1n) is 6.56. The highest BCUT2D eigenvalue weighted by atomic mass is 16.3. The Kier molecular flexibility index (Phi) is 5.34. The number of nitriles is 1. The van der Waals surface area contributed by atoms with Crippen LogP contribution >= 0.6 is 0 Å². The van der Waals surface area contributed by atoms with Gasteiger partial charge in [-0.25, -0.2) is 0 Å². The molecule has 0 saturated carbocycles. The van der Waals surface area contributed by atoms with Gasteiger partial charge in [-0.15, -0.1) is 0 Å². The average molecular weight is 261 g/mol. The monoisotopic (exact) mass is 261 g/mol. The molecule has 0 saturated heterocycles. The number of rotatable bonds is 6. The number of nitrogens with zero attached hydrogens (tertiary/aromatic N) is 2. The molecule has 0 spiro atoms. The smallest absolute Gasteiger partial charge is 0.101 e. The number of anilines is 1. The minimum atomic E-state index is -0.785. The Morgan fingerprint density at radius 2 is 2.11 bits per heavy atom. The number of likely N-dealkylation sites (N-methyl/N-ethyl adjacent to an activating group) is 1. The fourth-order valence-electron chi connectivity index (χ4n) is 2.10. The third kappa shape index (κ3) is 4.55. The first-order valence-corrected chi connectivity index (χ1v) is 6.56. The van der Waals surface area contributed by atoms with Gasteiger partial charge in [0.1, 0.15) is 6.07 Å². The molecule has 0 unspecified atom stereocenters. The topological polar surface area (TPSA) is 59.3 Å². The van der Waals surface area contributed by atoms with E-state index in [0.717, 1.165) is 24.3 Å². The van der Waals surface area contributed by atoms with Crippen LogP contribution in [0.5, 0.6) is 0 Å². The first kappa shape index (κ1) is 15.5. The zero-order valence-electron chi connectivity index (χ0n) is 12.2. The van der Waals surface area contributed by atoms with Crippen molar-refractivity contribution in [1.82, 2.24) is 5.32 Å². The van der Waals surface area contributed by atoms with Gasteiger partial charge in [0.15, 0.2) is 0 Å². The van der Waals surface area contributed by atoms with E-state index in [1.165, 1.54) is 0 Å². The fourth-order valence-corrected chi connectivity index (χ4v) is 2.10. The number of aliphatic hydroxyl groups is 1. The summed E-state index contributed by atoms with van der Waals surface area (Å²) in [5.41, 5.74) is 1.83. The molecule has 1 aromatic rings. The molecule has 0 bridgehead atoms. The van der Waals surface area contributed by atoms with E-state index in [1.54, 1.807) is 13.8 Å². The van der Waals surface area contributed by atoms with Crippen molar-refractivity contribution in [2.45, 2.75) is 32.9 Å². The molecule has 4 heteroatoms. The van der Waals surface area contributed by atoms with Crippen LogP contribution in [0.4, 0.5) is 5.69 Å². The van der Waals surface area contributed by atoms with Crippen molar-refractivity contribution >= 4 is 5.69 Å². The van der Waals surface area contributed by atoms with Gasteiger partial charge in [0.2, 0.25) is 0 Å². The zero-order chi connectivity index (χ0) is 14.5. The van der Waals surface area contributed by atoms with Gasteiger partial charge >= 0.3 is 0 Å². The summed E-state index contributed by atoms with van der Waals surface area (Å²) in [4.78, 5) is 2.03. The van der Waals surface area contributed by atoms with Gasteiger partial charge in [-0.05, 0) is 45.5 Å². The van der Waals surface area contributed by atoms with Gasteiger partial charge in [-0.1, -0.05) is 6.07 Å². The summed E-state index contributed by atoms with van der Waals surface area (Å²) in [5, 5.41) is 22.3. The van der Waals surface area contributed by atoms with Crippen molar-refractivity contribution in [2.24, 2.45) is 0 Å². The van der Waals surface area contributed by atoms with E-state index in [2.05, 4.69) is 11.4 Å². The molecule has 0 heterocycles. The van der Waals surface area contributed by atoms with Crippen LogP contribution in [0.3, 0.4) is 0 Å². The van der Waals surface area contributed by atoms with Crippen LogP contribution < -0.4 is 10.2 Å². The first-order chi connectivity index (χ1) is 8.91. The molecule has 1 rings (SSSR count). The molecule has 0 fully saturated rings. The lowest BCUT2D eigenvalue weighted by atomic mass is 10.1. The molecule has 2 N–H and O–H groups in total. The highest BCUT2D eigenvalue weighted by Gasteiger charge is 2.19. The van der Waals surface area contributed by atoms with E-state index in [4.69, 9.17) is 0 Å². The molecule has 0 aliphatic carbocycles. The van der Waals surface area contributed by atoms with Gasteiger partial charge < -0.3 is 15.3 Å². The minimum Gasteiger partial charge on any atom is -0.389 e. The van der Waals surface area contributed by atoms with E-state index < -0.39 is 5.60 Å². The van der Waals surface area contributed by atoms with Crippen molar-refractivity contribution in [1.29, 1.82) is 5.26 Å². The Labute approximate surface area is 115 Å². The van der Waals surface area contributed by atoms with E-state index in [1.807, 2.05) is 37.1 Å². The number of benzene rings is 1. The highest BCUT2D eigenvalue weighted by Crippen LogP contribution is 2.23. The van der Waals surface area contributed by atoms with Crippen LogP contribution in [-0.2, 0) is 6.54 Å². The molecule has 1 aromatic carbocycles. The molecule has 0 aliphatic heterocycles. The molecule has 4 nitrogen and oxygen atoms in total. The summed E-state index contributed by atoms with van der Waals surface area (Å²) in [5.74, 6) is 0. The Bertz CT molecular complexity index is 457. The van der Waals surface area contributed by atoms with Gasteiger partial charge in [0.25, 0.3) is 0 Å². The maximum Gasteiger partial charge on any atom is 0.101 e. The Morgan fingerprint density at radius 3 is 2.58 bits per heavy atom. The van der Waals surface area contributed by atoms with Gasteiger partial charge in [0, 0.05) is 19.6 Å². The lowest BCUT2D eigenvalue weighted by Crippen LogP contribution is -2.39. The number of nitrogens with one attached hydrogen (secondary N) is 1. The van der Waals surface area contributed by atoms with E-state index in [9.17, 15) is 10.4 Å². The van der Waals surface area contributed by atoms with Gasteiger partial charge in [-0.2, -0.15) is 5.26 Å². The van der Waals surface area contributed by atoms with E-state index in [-0.39, 0.29) is 0 Å². The summed E-state index contributed by atoms with van der Waals surface area (Å²) < 4.78 is 0. The van der Waals surface area contributed by atoms with E-state index >= 15 is 0 Å². The maximum atomic E-state index is 9.95. The van der Waals surface area contributed by atoms with Crippen LogP contribution in [0.1, 0.15) is 31.9 Å². The highest BCUT2D eigenvalue weighted by molar-refractivity contribution is 5.60. The van der Waals surface area contributed by atoms with Crippen LogP contribution in [0.2, 0.25) is 0 Å². The van der Waals surface area contributed by atoms with Crippen molar-refractivity contribution in [3.8, 4) is 6.07 Å². The van der Waals surface area contributed by atoms with Crippen molar-refractivity contribution in [3.63, 3.8) is 0 Å². The van der Waals surface area contributed by atoms with Gasteiger partial charge in [-0.3, -0.25) is 0 Å². The predicted molar refractivity (Wildman–Crippen MR) is 78.1 cm³/mol. The number of hydrogen-bond acceptors (Lipinski definition) is 4. The summed E-state index contributed by atoms with van der Waals surface area (Å²) in [7, 11) is 1.88. The van der Waals surface area contributed by atoms with Crippen LogP contribution in [0, 0.1) is 11.3 Å². The zero-order valence-corrected chi connectivity index (χ0v) is 12.2. The van der Waals surface area contributed by atoms with Crippen LogP contribution in [-0.4, -0.2) is 30.8 Å². The normalized spacial score (nSPS) is 11.2. The third-order valence-corrected chi connectivity index (χ3v) is 2.86. The predicted octanol–water partition coefficient (Wildman–Crippen LogP) is 1.87. The summed E-state index contributed by atoms with van der Waals surface area (Å²) >= 11 is 0. The lowest BCUT2D eigenvalue weighted by molar-refractivity contribution is 0.0876. The molecule has 0 aliphatic rings. The second-order valence-electron chi connectivity index (χ2n) is 5.32. The van der Waals surface area contributed by atoms with Crippen molar-refractivity contribution in [3.05, 3.63) is 29.3 Å². The molecule has 0 atom stereocenters. The summed E-state index contributed by atoms with van der Waals surface area (Å²) in [6.45, 7) is 7.57. The molecule has 0 radical (unpaired) electrons. The standard InChI is InChI=1S/C15H23N3O/c1-5-18(11-15(2,3)19)14-7-6-12(10-17-4)8-13(14)9-16/h6-8,17,19H,5,10-11H2,1-4H3. The van der Waals surface area contributed by atoms with Crippen LogP contribution in [0.15, 0.2) is 18.2 Å². The second kappa shape index (κ2) is 6.55. The minimum absolute atomic E-state index is 0.504. The molecular weight excluding hydrogens is 238 g/mol. The van der Waals surface area contributed by atoms with Gasteiger partial charge in [0.05, 0.1) is 16.9 Å². The molecule has 104 valence electrons. The Hall–Kier alpha value is -1.57. The maximum absolute atomic E-state index is 9.95. The van der Waals surface area contributed by atoms with Crippen LogP contribution in [0.25, 0.3) is 0 Å². The Morgan fingerprint density at radius 1 is 1.42 bits per heavy atom. The average Bonchev–Trinajstić information content (AvgIpc) is 2.35. The van der Waals surface area contributed by atoms with Crippen molar-refractivity contribution < 1.29 is 5.11 Å². The van der Waals surface area contributed by atoms with Crippen molar-refractivity contribution in [2.75, 3.05) is 25.0 Å². The SMILES string of the molecule is CCN(CC(C)(C)O)c1ccc(CNC)cc1C#N. The van der Waals surface area contributed by atoms with E-state index in [0.29, 0.717) is 12.1 Å². The molecule has 0 aromatic heterocycles. The number of hydrogen-bond donors (Lipinski definition) is 2.